The molecule has 0 aliphatic rings. The van der Waals surface area contributed by atoms with Gasteiger partial charge in [0.1, 0.15) is 19.7 Å². The Morgan fingerprint density at radius 2 is 1.30 bits per heavy atom. The average Bonchev–Trinajstić information content (AvgIpc) is 2.97. The van der Waals surface area contributed by atoms with Crippen molar-refractivity contribution in [3.63, 3.8) is 0 Å². The zero-order valence-electron chi connectivity index (χ0n) is 22.5. The average molecular weight is 648 g/mol. The van der Waals surface area contributed by atoms with Gasteiger partial charge in [-0.3, -0.25) is 4.79 Å². The number of carbonyl (C=O) groups excluding carboxylic acids is 2. The molecule has 40 heavy (non-hydrogen) atoms. The topological polar surface area (TPSA) is 71.3 Å². The van der Waals surface area contributed by atoms with Gasteiger partial charge in [0.15, 0.2) is 6.20 Å². The van der Waals surface area contributed by atoms with Crippen molar-refractivity contribution in [3.05, 3.63) is 144 Å². The molecular weight excluding hydrogens is 613 g/mol. The number of aryl methyl sites for hydroxylation is 1. The number of benzene rings is 3. The van der Waals surface area contributed by atoms with Gasteiger partial charge in [-0.1, -0.05) is 97.1 Å². The molecule has 2 N–H and O–H groups in total. The van der Waals surface area contributed by atoms with Crippen molar-refractivity contribution in [3.8, 4) is 0 Å². The maximum Gasteiger partial charge on any atom is 0.408 e. The second kappa shape index (κ2) is 16.2. The van der Waals surface area contributed by atoms with Crippen LogP contribution in [0.15, 0.2) is 121 Å². The van der Waals surface area contributed by atoms with E-state index in [1.165, 1.54) is 0 Å². The van der Waals surface area contributed by atoms with E-state index >= 15 is 0 Å². The van der Waals surface area contributed by atoms with E-state index in [2.05, 4.69) is 10.6 Å². The monoisotopic (exact) mass is 647 g/mol. The molecule has 0 saturated heterocycles. The molecule has 0 fully saturated rings. The third kappa shape index (κ3) is 9.96. The molecule has 0 unspecified atom stereocenters. The molecule has 0 radical (unpaired) electrons. The molecule has 4 aromatic rings. The molecule has 7 heteroatoms. The van der Waals surface area contributed by atoms with E-state index in [0.717, 1.165) is 22.4 Å². The van der Waals surface area contributed by atoms with Crippen LogP contribution in [-0.4, -0.2) is 24.1 Å². The summed E-state index contributed by atoms with van der Waals surface area (Å²) in [5.41, 5.74) is 3.92. The highest BCUT2D eigenvalue weighted by Gasteiger charge is 2.24. The number of hydrogen-bond donors (Lipinski definition) is 2. The molecule has 2 atom stereocenters. The van der Waals surface area contributed by atoms with Crippen molar-refractivity contribution in [2.45, 2.75) is 31.5 Å². The minimum Gasteiger partial charge on any atom is -1.00 e. The number of hydrogen-bond acceptors (Lipinski definition) is 3. The summed E-state index contributed by atoms with van der Waals surface area (Å²) in [6.45, 7) is 0.125. The fraction of sp³-hybridized carbons (Fsp3) is 0.182. The molecule has 0 bridgehead atoms. The van der Waals surface area contributed by atoms with Crippen LogP contribution in [0.5, 0.6) is 0 Å². The summed E-state index contributed by atoms with van der Waals surface area (Å²) in [6.07, 6.45) is 6.28. The van der Waals surface area contributed by atoms with E-state index in [9.17, 15) is 9.59 Å². The lowest BCUT2D eigenvalue weighted by molar-refractivity contribution is -0.673. The van der Waals surface area contributed by atoms with Gasteiger partial charge in [0, 0.05) is 24.6 Å². The second-order valence-electron chi connectivity index (χ2n) is 9.35. The van der Waals surface area contributed by atoms with Crippen molar-refractivity contribution in [2.24, 2.45) is 7.05 Å². The quantitative estimate of drug-likeness (QED) is 0.193. The Balaban J connectivity index is 0.00000441. The van der Waals surface area contributed by atoms with Crippen LogP contribution < -0.4 is 39.2 Å². The molecule has 3 aromatic carbocycles. The van der Waals surface area contributed by atoms with Crippen molar-refractivity contribution in [1.29, 1.82) is 0 Å². The number of halogens is 1. The van der Waals surface area contributed by atoms with Gasteiger partial charge >= 0.3 is 6.09 Å². The van der Waals surface area contributed by atoms with Crippen LogP contribution in [0.1, 0.15) is 22.4 Å². The molecule has 0 aliphatic carbocycles. The Hall–Kier alpha value is -3.98. The Labute approximate surface area is 253 Å². The molecule has 1 heterocycles. The first kappa shape index (κ1) is 30.6. The lowest BCUT2D eigenvalue weighted by atomic mass is 10.0. The molecule has 206 valence electrons. The number of amides is 2. The molecule has 2 amide bonds. The number of aromatic nitrogens is 1. The standard InChI is InChI=1S/C33H33N3O3.HI/c1-36-22-12-11-19-30(36)21-20-29(23-26-13-5-2-6-14-26)34-32(37)31(24-27-15-7-3-8-16-27)35-33(38)39-25-28-17-9-4-10-18-28;/h2-22,29,31H,23-25H2,1H3,(H-,34,35,37,38);1H/b21-20+;/t29-,31+;/m1./s1. The highest BCUT2D eigenvalue weighted by molar-refractivity contribution is 5.86. The Kier molecular flexibility index (Phi) is 12.4. The molecule has 0 spiro atoms. The summed E-state index contributed by atoms with van der Waals surface area (Å²) >= 11 is 0. The zero-order valence-corrected chi connectivity index (χ0v) is 24.6. The van der Waals surface area contributed by atoms with E-state index in [1.807, 2.05) is 139 Å². The first-order chi connectivity index (χ1) is 19.1. The number of nitrogens with zero attached hydrogens (tertiary/aromatic N) is 1. The SMILES string of the molecule is C[n+]1ccccc1/C=C/[C@H](Cc1ccccc1)NC(=O)[C@H](Cc1ccccc1)NC(=O)OCc1ccccc1.[I-]. The fourth-order valence-electron chi connectivity index (χ4n) is 4.21. The number of ether oxygens (including phenoxy) is 1. The Bertz CT molecular complexity index is 1370. The highest BCUT2D eigenvalue weighted by atomic mass is 127. The van der Waals surface area contributed by atoms with Crippen molar-refractivity contribution < 1.29 is 42.9 Å². The van der Waals surface area contributed by atoms with Gasteiger partial charge in [0.25, 0.3) is 0 Å². The van der Waals surface area contributed by atoms with Gasteiger partial charge in [-0.05, 0) is 29.2 Å². The number of pyridine rings is 1. The Morgan fingerprint density at radius 3 is 1.90 bits per heavy atom. The van der Waals surface area contributed by atoms with E-state index in [0.29, 0.717) is 12.8 Å². The fourth-order valence-corrected chi connectivity index (χ4v) is 4.21. The van der Waals surface area contributed by atoms with Gasteiger partial charge in [0.05, 0.1) is 6.04 Å². The van der Waals surface area contributed by atoms with Gasteiger partial charge in [-0.15, -0.1) is 0 Å². The smallest absolute Gasteiger partial charge is 0.408 e. The number of alkyl carbamates (subject to hydrolysis) is 1. The molecule has 4 rings (SSSR count). The summed E-state index contributed by atoms with van der Waals surface area (Å²) < 4.78 is 7.43. The zero-order chi connectivity index (χ0) is 27.3. The van der Waals surface area contributed by atoms with E-state index in [1.54, 1.807) is 0 Å². The van der Waals surface area contributed by atoms with Crippen LogP contribution in [-0.2, 0) is 36.0 Å². The van der Waals surface area contributed by atoms with Crippen LogP contribution in [0.3, 0.4) is 0 Å². The van der Waals surface area contributed by atoms with Crippen molar-refractivity contribution >= 4 is 18.1 Å². The van der Waals surface area contributed by atoms with Crippen molar-refractivity contribution in [1.82, 2.24) is 10.6 Å². The van der Waals surface area contributed by atoms with Crippen LogP contribution in [0, 0.1) is 0 Å². The van der Waals surface area contributed by atoms with Crippen LogP contribution >= 0.6 is 0 Å². The Morgan fingerprint density at radius 1 is 0.750 bits per heavy atom. The third-order valence-corrected chi connectivity index (χ3v) is 6.32. The second-order valence-corrected chi connectivity index (χ2v) is 9.35. The number of rotatable bonds is 11. The normalized spacial score (nSPS) is 12.1. The minimum atomic E-state index is -0.810. The maximum atomic E-state index is 13.6. The van der Waals surface area contributed by atoms with E-state index < -0.39 is 12.1 Å². The first-order valence-electron chi connectivity index (χ1n) is 13.0. The molecule has 0 saturated carbocycles. The van der Waals surface area contributed by atoms with Gasteiger partial charge in [0.2, 0.25) is 11.6 Å². The number of nitrogens with one attached hydrogen (secondary N) is 2. The van der Waals surface area contributed by atoms with Gasteiger partial charge < -0.3 is 39.3 Å². The van der Waals surface area contributed by atoms with Gasteiger partial charge in [-0.2, -0.15) is 0 Å². The summed E-state index contributed by atoms with van der Waals surface area (Å²) in [5, 5.41) is 5.94. The summed E-state index contributed by atoms with van der Waals surface area (Å²) in [7, 11) is 1.98. The highest BCUT2D eigenvalue weighted by Crippen LogP contribution is 2.09. The minimum absolute atomic E-state index is 0. The van der Waals surface area contributed by atoms with Crippen LogP contribution in [0.25, 0.3) is 6.08 Å². The lowest BCUT2D eigenvalue weighted by Crippen LogP contribution is -3.00. The molecular formula is C33H34IN3O3. The molecule has 1 aromatic heterocycles. The lowest BCUT2D eigenvalue weighted by Gasteiger charge is -2.22. The van der Waals surface area contributed by atoms with Gasteiger partial charge in [-0.25, -0.2) is 9.36 Å². The van der Waals surface area contributed by atoms with Crippen molar-refractivity contribution in [2.75, 3.05) is 0 Å². The summed E-state index contributed by atoms with van der Waals surface area (Å²) in [5.74, 6) is -0.279. The predicted octanol–water partition coefficient (Wildman–Crippen LogP) is 1.79. The van der Waals surface area contributed by atoms with Crippen LogP contribution in [0.4, 0.5) is 4.79 Å². The van der Waals surface area contributed by atoms with Crippen LogP contribution in [0.2, 0.25) is 0 Å². The predicted molar refractivity (Wildman–Crippen MR) is 152 cm³/mol. The summed E-state index contributed by atoms with van der Waals surface area (Å²) in [4.78, 5) is 26.3. The van der Waals surface area contributed by atoms with E-state index in [4.69, 9.17) is 4.74 Å². The molecule has 0 aliphatic heterocycles. The molecule has 6 nitrogen and oxygen atoms in total. The van der Waals surface area contributed by atoms with E-state index in [-0.39, 0.29) is 42.5 Å². The largest absolute Gasteiger partial charge is 1.00 e. The third-order valence-electron chi connectivity index (χ3n) is 6.32. The maximum absolute atomic E-state index is 13.6. The summed E-state index contributed by atoms with van der Waals surface area (Å²) in [6, 6.07) is 33.9. The number of carbonyl (C=O) groups is 2. The first-order valence-corrected chi connectivity index (χ1v) is 13.0.